The average Bonchev–Trinajstić information content (AvgIpc) is 3.63. The fourth-order valence-electron chi connectivity index (χ4n) is 6.01. The van der Waals surface area contributed by atoms with Gasteiger partial charge >= 0.3 is 23.9 Å². The number of carboxylic acid groups (broad SMARTS) is 4. The molecule has 1 unspecified atom stereocenters. The molecular weight excluding hydrogens is 911 g/mol. The minimum Gasteiger partial charge on any atom is -0.505 e. The molecule has 25 nitrogen and oxygen atoms in total. The van der Waals surface area contributed by atoms with Gasteiger partial charge < -0.3 is 50.0 Å². The number of carbonyl (C=O) groups is 5. The Kier molecular flexibility index (Phi) is 14.5. The summed E-state index contributed by atoms with van der Waals surface area (Å²) in [5.74, 6) is -7.83. The smallest absolute Gasteiger partial charge is 0.354 e. The molecule has 67 heavy (non-hydrogen) atoms. The number of hydrogen-bond donors (Lipinski definition) is 8. The lowest BCUT2D eigenvalue weighted by Gasteiger charge is -2.13. The van der Waals surface area contributed by atoms with E-state index in [1.54, 1.807) is 0 Å². The van der Waals surface area contributed by atoms with Crippen LogP contribution in [0, 0.1) is 0 Å². The van der Waals surface area contributed by atoms with Crippen LogP contribution in [0.1, 0.15) is 26.3 Å². The fourth-order valence-corrected chi connectivity index (χ4v) is 6.66. The lowest BCUT2D eigenvalue weighted by molar-refractivity contribution is -0.139. The number of benzene rings is 5. The molecule has 0 aliphatic carbocycles. The van der Waals surface area contributed by atoms with Crippen molar-refractivity contribution in [3.63, 3.8) is 0 Å². The number of ether oxygens (including phenoxy) is 3. The quantitative estimate of drug-likeness (QED) is 0.0302. The third-order valence-corrected chi connectivity index (χ3v) is 9.90. The average molecular weight is 944 g/mol. The number of azo groups is 2. The Labute approximate surface area is 375 Å². The van der Waals surface area contributed by atoms with Gasteiger partial charge in [-0.3, -0.25) is 14.3 Å². The molecule has 346 valence electrons. The summed E-state index contributed by atoms with van der Waals surface area (Å²) in [4.78, 5) is 62.4. The Hall–Kier alpha value is -8.72. The largest absolute Gasteiger partial charge is 0.505 e. The van der Waals surface area contributed by atoms with Crippen LogP contribution >= 0.6 is 0 Å². The standard InChI is InChI=1S/C41H33N7O18S/c49-9-11-64-30-17-28(31(65-12-10-50)16-27(30)44-43-26-8-4-22(40(57)58)14-29(26)66-19-33(51)52)45-46-34-32(67(61,62)63)15-23-13-20(1-7-25(23)37(34)53)18-42-35-36(41(59)60)47-48(38(35)54)24-5-2-21(3-6-24)39(55)56/h1-8,13-18,35,49-50,53H,9-12,19H2,(H,51,52)(H,55,56)(H,57,58)(H,59,60)(H,61,62,63). The van der Waals surface area contributed by atoms with Gasteiger partial charge in [0.15, 0.2) is 24.1 Å². The number of hydrazone groups is 1. The van der Waals surface area contributed by atoms with Crippen LogP contribution in [0.4, 0.5) is 28.4 Å². The number of phenols is 1. The van der Waals surface area contributed by atoms with Gasteiger partial charge in [0.2, 0.25) is 0 Å². The van der Waals surface area contributed by atoms with Crippen molar-refractivity contribution in [3.05, 3.63) is 95.6 Å². The van der Waals surface area contributed by atoms with Crippen molar-refractivity contribution in [3.8, 4) is 23.0 Å². The van der Waals surface area contributed by atoms with Crippen LogP contribution in [0.15, 0.2) is 114 Å². The number of nitrogens with zero attached hydrogens (tertiary/aromatic N) is 7. The van der Waals surface area contributed by atoms with Crippen LogP contribution in [0.3, 0.4) is 0 Å². The van der Waals surface area contributed by atoms with Crippen molar-refractivity contribution in [2.45, 2.75) is 10.9 Å². The molecule has 0 saturated carbocycles. The zero-order valence-corrected chi connectivity index (χ0v) is 34.7. The first-order valence-corrected chi connectivity index (χ1v) is 20.3. The Morgan fingerprint density at radius 3 is 1.85 bits per heavy atom. The van der Waals surface area contributed by atoms with Gasteiger partial charge in [0.25, 0.3) is 16.0 Å². The van der Waals surface area contributed by atoms with Crippen LogP contribution in [-0.2, 0) is 24.5 Å². The van der Waals surface area contributed by atoms with E-state index in [1.807, 2.05) is 0 Å². The minimum absolute atomic E-state index is 0.0199. The number of carbonyl (C=O) groups excluding carboxylic acids is 1. The van der Waals surface area contributed by atoms with Gasteiger partial charge in [0.05, 0.1) is 30.0 Å². The molecule has 5 aromatic carbocycles. The number of carboxylic acids is 4. The molecule has 6 rings (SSSR count). The van der Waals surface area contributed by atoms with E-state index in [1.165, 1.54) is 54.6 Å². The predicted molar refractivity (Wildman–Crippen MR) is 229 cm³/mol. The number of fused-ring (bicyclic) bond motifs is 1. The van der Waals surface area contributed by atoms with Crippen LogP contribution in [0.25, 0.3) is 10.8 Å². The van der Waals surface area contributed by atoms with Crippen LogP contribution in [0.2, 0.25) is 0 Å². The molecule has 0 radical (unpaired) electrons. The van der Waals surface area contributed by atoms with E-state index < -0.39 is 87.8 Å². The molecular formula is C41H33N7O18S. The maximum Gasteiger partial charge on any atom is 0.354 e. The molecule has 1 aliphatic rings. The van der Waals surface area contributed by atoms with Gasteiger partial charge in [-0.05, 0) is 71.6 Å². The highest BCUT2D eigenvalue weighted by molar-refractivity contribution is 7.86. The van der Waals surface area contributed by atoms with Crippen molar-refractivity contribution < 1.29 is 86.9 Å². The summed E-state index contributed by atoms with van der Waals surface area (Å²) < 4.78 is 52.1. The SMILES string of the molecule is O=C(O)COc1cc(C(=O)O)ccc1N=Nc1cc(OCCO)c(N=Nc2c(S(=O)(=O)O)cc3cc(C=NC4C(=O)N(c5ccc(C(=O)O)cc5)N=C4C(=O)O)ccc3c2O)cc1OCCO. The van der Waals surface area contributed by atoms with Crippen molar-refractivity contribution >= 4 is 91.0 Å². The number of phenolic OH excluding ortho intramolecular Hbond substituents is 1. The maximum atomic E-state index is 13.3. The third-order valence-electron chi connectivity index (χ3n) is 9.03. The highest BCUT2D eigenvalue weighted by Gasteiger charge is 2.40. The second kappa shape index (κ2) is 20.4. The number of aliphatic carboxylic acids is 2. The highest BCUT2D eigenvalue weighted by atomic mass is 32.2. The van der Waals surface area contributed by atoms with Gasteiger partial charge in [-0.15, -0.1) is 20.5 Å². The number of anilines is 1. The van der Waals surface area contributed by atoms with E-state index in [2.05, 4.69) is 30.6 Å². The molecule has 0 saturated heterocycles. The molecule has 1 atom stereocenters. The molecule has 8 N–H and O–H groups in total. The van der Waals surface area contributed by atoms with Crippen LogP contribution in [0.5, 0.6) is 23.0 Å². The molecule has 0 aromatic heterocycles. The van der Waals surface area contributed by atoms with E-state index in [4.69, 9.17) is 19.3 Å². The number of aliphatic hydroxyl groups is 2. The summed E-state index contributed by atoms with van der Waals surface area (Å²) in [6, 6.07) is 13.8. The highest BCUT2D eigenvalue weighted by Crippen LogP contribution is 2.45. The lowest BCUT2D eigenvalue weighted by Crippen LogP contribution is -2.33. The Balaban J connectivity index is 1.36. The van der Waals surface area contributed by atoms with Crippen molar-refractivity contribution in [2.75, 3.05) is 38.0 Å². The molecule has 1 amide bonds. The summed E-state index contributed by atoms with van der Waals surface area (Å²) in [6.07, 6.45) is 1.09. The zero-order valence-electron chi connectivity index (χ0n) is 33.9. The molecule has 0 spiro atoms. The predicted octanol–water partition coefficient (Wildman–Crippen LogP) is 4.50. The van der Waals surface area contributed by atoms with Gasteiger partial charge in [0.1, 0.15) is 58.1 Å². The van der Waals surface area contributed by atoms with E-state index in [9.17, 15) is 67.6 Å². The number of amides is 1. The van der Waals surface area contributed by atoms with Crippen LogP contribution < -0.4 is 19.2 Å². The van der Waals surface area contributed by atoms with Crippen molar-refractivity contribution in [1.29, 1.82) is 0 Å². The van der Waals surface area contributed by atoms with Gasteiger partial charge in [-0.25, -0.2) is 19.2 Å². The van der Waals surface area contributed by atoms with E-state index >= 15 is 0 Å². The van der Waals surface area contributed by atoms with E-state index in [0.717, 1.165) is 35.5 Å². The fraction of sp³-hybridized carbons (Fsp3) is 0.146. The number of aromatic hydroxyl groups is 1. The van der Waals surface area contributed by atoms with Gasteiger partial charge in [-0.1, -0.05) is 6.07 Å². The second-order valence-corrected chi connectivity index (χ2v) is 14.9. The number of aromatic carboxylic acids is 2. The molecule has 5 aromatic rings. The van der Waals surface area contributed by atoms with Crippen LogP contribution in [-0.4, -0.2) is 130 Å². The molecule has 1 heterocycles. The summed E-state index contributed by atoms with van der Waals surface area (Å²) in [5, 5.41) is 88.5. The Morgan fingerprint density at radius 2 is 1.28 bits per heavy atom. The molecule has 0 bridgehead atoms. The number of rotatable bonds is 20. The molecule has 1 aliphatic heterocycles. The summed E-state index contributed by atoms with van der Waals surface area (Å²) >= 11 is 0. The minimum atomic E-state index is -5.19. The second-order valence-electron chi connectivity index (χ2n) is 13.5. The Bertz CT molecular complexity index is 3050. The van der Waals surface area contributed by atoms with Crippen molar-refractivity contribution in [1.82, 2.24) is 0 Å². The van der Waals surface area contributed by atoms with Gasteiger partial charge in [0, 0.05) is 23.7 Å². The van der Waals surface area contributed by atoms with Gasteiger partial charge in [-0.2, -0.15) is 18.5 Å². The monoisotopic (exact) mass is 943 g/mol. The summed E-state index contributed by atoms with van der Waals surface area (Å²) in [5.41, 5.74) is -2.05. The third kappa shape index (κ3) is 11.2. The first-order chi connectivity index (χ1) is 31.9. The Morgan fingerprint density at radius 1 is 0.701 bits per heavy atom. The van der Waals surface area contributed by atoms with Crippen molar-refractivity contribution in [2.24, 2.45) is 30.6 Å². The first-order valence-electron chi connectivity index (χ1n) is 18.9. The van der Waals surface area contributed by atoms with E-state index in [-0.39, 0.29) is 80.7 Å². The molecule has 0 fully saturated rings. The lowest BCUT2D eigenvalue weighted by atomic mass is 10.1. The normalized spacial score (nSPS) is 14.0. The van der Waals surface area contributed by atoms with E-state index in [0.29, 0.717) is 0 Å². The summed E-state index contributed by atoms with van der Waals surface area (Å²) in [6.45, 7) is -2.54. The molecule has 26 heteroatoms. The number of aliphatic hydroxyl groups excluding tert-OH is 2. The number of aliphatic imine (C=N–C) groups is 1. The first kappa shape index (κ1) is 47.8. The maximum absolute atomic E-state index is 13.3. The topological polar surface area (TPSA) is 386 Å². The zero-order chi connectivity index (χ0) is 48.6. The number of hydrogen-bond acceptors (Lipinski definition) is 19. The summed E-state index contributed by atoms with van der Waals surface area (Å²) in [7, 11) is -5.19.